The fourth-order valence-corrected chi connectivity index (χ4v) is 5.02. The van der Waals surface area contributed by atoms with Crippen LogP contribution in [0.3, 0.4) is 0 Å². The number of hydrogen-bond donors (Lipinski definition) is 1. The highest BCUT2D eigenvalue weighted by Gasteiger charge is 2.39. The number of imidazole rings is 1. The molecule has 2 aromatic carbocycles. The molecule has 0 amide bonds. The van der Waals surface area contributed by atoms with Gasteiger partial charge >= 0.3 is 23.5 Å². The van der Waals surface area contributed by atoms with Crippen LogP contribution in [0.15, 0.2) is 50.9 Å². The van der Waals surface area contributed by atoms with Crippen LogP contribution in [-0.4, -0.2) is 29.3 Å². The number of aromatic carboxylic acids is 1. The lowest BCUT2D eigenvalue weighted by Crippen LogP contribution is -2.43. The van der Waals surface area contributed by atoms with E-state index in [-0.39, 0.29) is 35.3 Å². The van der Waals surface area contributed by atoms with E-state index >= 15 is 0 Å². The van der Waals surface area contributed by atoms with Crippen LogP contribution in [0.1, 0.15) is 39.5 Å². The first-order valence-corrected chi connectivity index (χ1v) is 11.0. The Hall–Kier alpha value is -4.42. The number of rotatable bonds is 3. The van der Waals surface area contributed by atoms with Gasteiger partial charge in [-0.15, -0.1) is 0 Å². The summed E-state index contributed by atoms with van der Waals surface area (Å²) in [6.07, 6.45) is -4.38. The zero-order chi connectivity index (χ0) is 27.0. The minimum absolute atomic E-state index is 0.114. The van der Waals surface area contributed by atoms with E-state index in [1.807, 2.05) is 0 Å². The van der Waals surface area contributed by atoms with Gasteiger partial charge in [-0.05, 0) is 54.3 Å². The summed E-state index contributed by atoms with van der Waals surface area (Å²) in [6.45, 7) is 0. The number of alkyl halides is 3. The summed E-state index contributed by atoms with van der Waals surface area (Å²) in [7, 11) is 3.05. The predicted octanol–water partition coefficient (Wildman–Crippen LogP) is 2.58. The molecule has 1 aliphatic carbocycles. The number of halogens is 4. The molecule has 1 atom stereocenters. The fourth-order valence-electron chi connectivity index (χ4n) is 5.02. The van der Waals surface area contributed by atoms with Gasteiger partial charge in [-0.2, -0.15) is 13.2 Å². The number of benzene rings is 2. The first-order chi connectivity index (χ1) is 17.3. The van der Waals surface area contributed by atoms with Crippen LogP contribution >= 0.6 is 0 Å². The van der Waals surface area contributed by atoms with Crippen LogP contribution < -0.4 is 16.9 Å². The average molecular weight is 518 g/mol. The summed E-state index contributed by atoms with van der Waals surface area (Å²) in [5, 5.41) is 9.65. The second kappa shape index (κ2) is 8.05. The largest absolute Gasteiger partial charge is 0.477 e. The molecule has 37 heavy (non-hydrogen) atoms. The van der Waals surface area contributed by atoms with Crippen LogP contribution in [0.25, 0.3) is 16.7 Å². The van der Waals surface area contributed by atoms with Crippen LogP contribution in [-0.2, 0) is 26.7 Å². The van der Waals surface area contributed by atoms with Crippen molar-refractivity contribution < 1.29 is 27.5 Å². The summed E-state index contributed by atoms with van der Waals surface area (Å²) in [5.74, 6) is -2.86. The lowest BCUT2D eigenvalue weighted by atomic mass is 10.0. The van der Waals surface area contributed by atoms with Crippen molar-refractivity contribution in [3.05, 3.63) is 95.9 Å². The van der Waals surface area contributed by atoms with Crippen molar-refractivity contribution >= 4 is 17.0 Å². The maximum atomic E-state index is 14.2. The van der Waals surface area contributed by atoms with Crippen molar-refractivity contribution in [2.24, 2.45) is 14.1 Å². The maximum absolute atomic E-state index is 14.2. The van der Waals surface area contributed by atoms with Crippen molar-refractivity contribution in [3.8, 4) is 5.69 Å². The molecule has 192 valence electrons. The summed E-state index contributed by atoms with van der Waals surface area (Å²) in [5.41, 5.74) is -4.01. The molecule has 0 radical (unpaired) electrons. The Morgan fingerprint density at radius 1 is 1.00 bits per heavy atom. The van der Waals surface area contributed by atoms with Gasteiger partial charge in [-0.3, -0.25) is 23.1 Å². The van der Waals surface area contributed by atoms with Crippen LogP contribution in [0, 0.1) is 5.82 Å². The lowest BCUT2D eigenvalue weighted by molar-refractivity contribution is -0.138. The quantitative estimate of drug-likeness (QED) is 0.420. The number of aryl methyl sites for hydroxylation is 2. The van der Waals surface area contributed by atoms with E-state index in [0.29, 0.717) is 21.7 Å². The number of nitrogens with zero attached hydrogens (tertiary/aromatic N) is 4. The zero-order valence-corrected chi connectivity index (χ0v) is 19.3. The van der Waals surface area contributed by atoms with Gasteiger partial charge in [-0.1, -0.05) is 0 Å². The molecule has 1 unspecified atom stereocenters. The van der Waals surface area contributed by atoms with Gasteiger partial charge in [0.05, 0.1) is 28.3 Å². The Morgan fingerprint density at radius 2 is 1.68 bits per heavy atom. The minimum atomic E-state index is -4.86. The van der Waals surface area contributed by atoms with Gasteiger partial charge < -0.3 is 5.11 Å². The highest BCUT2D eigenvalue weighted by molar-refractivity contribution is 5.87. The van der Waals surface area contributed by atoms with E-state index in [1.165, 1.54) is 34.4 Å². The number of aromatic nitrogens is 4. The number of fused-ring (bicyclic) bond motifs is 2. The third kappa shape index (κ3) is 3.60. The maximum Gasteiger partial charge on any atom is 0.416 e. The van der Waals surface area contributed by atoms with Gasteiger partial charge in [-0.25, -0.2) is 18.8 Å². The molecule has 1 N–H and O–H groups in total. The molecule has 0 aliphatic heterocycles. The number of carboxylic acids is 1. The van der Waals surface area contributed by atoms with Gasteiger partial charge in [0.15, 0.2) is 0 Å². The second-order valence-corrected chi connectivity index (χ2v) is 8.82. The van der Waals surface area contributed by atoms with E-state index < -0.39 is 46.4 Å². The van der Waals surface area contributed by atoms with Crippen LogP contribution in [0.4, 0.5) is 17.6 Å². The molecule has 0 bridgehead atoms. The molecule has 2 aromatic heterocycles. The molecule has 0 fully saturated rings. The molecule has 13 heteroatoms. The molecule has 5 rings (SSSR count). The fraction of sp³-hybridized carbons (Fsp3) is 0.250. The summed E-state index contributed by atoms with van der Waals surface area (Å²) in [4.78, 5) is 50.8. The molecular formula is C24H18F4N4O5. The molecule has 1 aliphatic rings. The highest BCUT2D eigenvalue weighted by Crippen LogP contribution is 2.42. The number of hydrogen-bond acceptors (Lipinski definition) is 4. The van der Waals surface area contributed by atoms with Crippen molar-refractivity contribution in [3.63, 3.8) is 0 Å². The Balaban J connectivity index is 1.79. The Morgan fingerprint density at radius 3 is 2.32 bits per heavy atom. The van der Waals surface area contributed by atoms with E-state index in [0.717, 1.165) is 16.8 Å². The first-order valence-electron chi connectivity index (χ1n) is 11.0. The third-order valence-electron chi connectivity index (χ3n) is 6.78. The lowest BCUT2D eigenvalue weighted by Gasteiger charge is -2.19. The van der Waals surface area contributed by atoms with Crippen LogP contribution in [0.2, 0.25) is 0 Å². The van der Waals surface area contributed by atoms with Crippen molar-refractivity contribution in [2.45, 2.75) is 25.1 Å². The minimum Gasteiger partial charge on any atom is -0.477 e. The Kier molecular flexibility index (Phi) is 5.28. The Labute approximate surface area is 204 Å². The second-order valence-electron chi connectivity index (χ2n) is 8.82. The highest BCUT2D eigenvalue weighted by atomic mass is 19.4. The molecule has 4 aromatic rings. The molecule has 0 saturated carbocycles. The van der Waals surface area contributed by atoms with E-state index in [9.17, 15) is 41.8 Å². The average Bonchev–Trinajstić information content (AvgIpc) is 3.32. The van der Waals surface area contributed by atoms with Gasteiger partial charge in [0.25, 0.3) is 5.56 Å². The van der Waals surface area contributed by atoms with Crippen molar-refractivity contribution in [1.82, 2.24) is 18.3 Å². The standard InChI is InChI=1S/C24H18F4N4O5/c1-29-18-5-3-12(9-19(18)30(2)22(29)36)31-10-15(21(34)35)20(33)32(23(31)37)17-6-4-13-14(17)7-11(25)8-16(13)24(26,27)28/h3,5,7-10,17H,4,6H2,1-2H3,(H,34,35). The third-order valence-corrected chi connectivity index (χ3v) is 6.78. The van der Waals surface area contributed by atoms with Crippen molar-refractivity contribution in [1.29, 1.82) is 0 Å². The van der Waals surface area contributed by atoms with Crippen molar-refractivity contribution in [2.75, 3.05) is 0 Å². The number of carbonyl (C=O) groups is 1. The van der Waals surface area contributed by atoms with E-state index in [4.69, 9.17) is 0 Å². The SMILES string of the molecule is Cn1c(=O)n(C)c2cc(-n3cc(C(=O)O)c(=O)n(C4CCc5c4cc(F)cc5C(F)(F)F)c3=O)ccc21. The Bertz CT molecular complexity index is 1810. The molecular weight excluding hydrogens is 500 g/mol. The smallest absolute Gasteiger partial charge is 0.416 e. The predicted molar refractivity (Wildman–Crippen MR) is 123 cm³/mol. The number of carboxylic acid groups (broad SMARTS) is 1. The molecule has 2 heterocycles. The summed E-state index contributed by atoms with van der Waals surface area (Å²) in [6, 6.07) is 4.29. The van der Waals surface area contributed by atoms with E-state index in [1.54, 1.807) is 7.05 Å². The van der Waals surface area contributed by atoms with Crippen LogP contribution in [0.5, 0.6) is 0 Å². The first kappa shape index (κ1) is 24.3. The topological polar surface area (TPSA) is 108 Å². The van der Waals surface area contributed by atoms with E-state index in [2.05, 4.69) is 0 Å². The van der Waals surface area contributed by atoms with Gasteiger partial charge in [0.2, 0.25) is 0 Å². The zero-order valence-electron chi connectivity index (χ0n) is 19.3. The van der Waals surface area contributed by atoms with Gasteiger partial charge in [0.1, 0.15) is 11.4 Å². The van der Waals surface area contributed by atoms with Gasteiger partial charge in [0, 0.05) is 20.3 Å². The monoisotopic (exact) mass is 518 g/mol. The summed E-state index contributed by atoms with van der Waals surface area (Å²) < 4.78 is 59.0. The molecule has 9 nitrogen and oxygen atoms in total. The molecule has 0 spiro atoms. The summed E-state index contributed by atoms with van der Waals surface area (Å²) >= 11 is 0. The normalized spacial score (nSPS) is 15.4. The molecule has 0 saturated heterocycles.